The monoisotopic (exact) mass is 380 g/mol. The van der Waals surface area contributed by atoms with Gasteiger partial charge in [-0.05, 0) is 39.0 Å². The van der Waals surface area contributed by atoms with E-state index in [1.54, 1.807) is 0 Å². The number of esters is 1. The summed E-state index contributed by atoms with van der Waals surface area (Å²) >= 11 is 0. The van der Waals surface area contributed by atoms with Crippen molar-refractivity contribution < 1.29 is 9.53 Å². The largest absolute Gasteiger partial charge is 0.459 e. The zero-order valence-electron chi connectivity index (χ0n) is 18.7. The van der Waals surface area contributed by atoms with Gasteiger partial charge in [-0.25, -0.2) is 0 Å². The Bertz CT molecular complexity index is 344. The van der Waals surface area contributed by atoms with E-state index >= 15 is 0 Å². The molecule has 1 aliphatic carbocycles. The molecule has 0 spiro atoms. The van der Waals surface area contributed by atoms with Gasteiger partial charge >= 0.3 is 5.97 Å². The smallest absolute Gasteiger partial charge is 0.306 e. The SMILES string of the molecule is CCCCCCCCCCCCCCCCCC(=O)OC1(C)CCCCC1. The summed E-state index contributed by atoms with van der Waals surface area (Å²) in [6.07, 6.45) is 26.8. The quantitative estimate of drug-likeness (QED) is 0.187. The fraction of sp³-hybridized carbons (Fsp3) is 0.960. The van der Waals surface area contributed by atoms with Crippen LogP contribution in [-0.4, -0.2) is 11.6 Å². The van der Waals surface area contributed by atoms with Crippen LogP contribution in [-0.2, 0) is 9.53 Å². The molecule has 27 heavy (non-hydrogen) atoms. The lowest BCUT2D eigenvalue weighted by molar-refractivity contribution is -0.161. The van der Waals surface area contributed by atoms with Crippen LogP contribution >= 0.6 is 0 Å². The summed E-state index contributed by atoms with van der Waals surface area (Å²) in [5.74, 6) is 0.0362. The standard InChI is InChI=1S/C25H48O2/c1-3-4-5-6-7-8-9-10-11-12-13-14-15-16-18-21-24(26)27-25(2)22-19-17-20-23-25/h3-23H2,1-2H3. The van der Waals surface area contributed by atoms with Crippen molar-refractivity contribution in [1.29, 1.82) is 0 Å². The van der Waals surface area contributed by atoms with E-state index in [2.05, 4.69) is 13.8 Å². The molecule has 0 atom stereocenters. The molecule has 1 rings (SSSR count). The molecule has 0 aliphatic heterocycles. The Morgan fingerprint density at radius 1 is 0.667 bits per heavy atom. The van der Waals surface area contributed by atoms with Crippen LogP contribution in [0.2, 0.25) is 0 Å². The van der Waals surface area contributed by atoms with Crippen molar-refractivity contribution in [3.05, 3.63) is 0 Å². The van der Waals surface area contributed by atoms with Gasteiger partial charge in [0.2, 0.25) is 0 Å². The summed E-state index contributed by atoms with van der Waals surface area (Å²) in [5, 5.41) is 0. The Balaban J connectivity index is 1.79. The zero-order chi connectivity index (χ0) is 19.6. The second-order valence-electron chi connectivity index (χ2n) is 9.18. The summed E-state index contributed by atoms with van der Waals surface area (Å²) in [7, 11) is 0. The maximum absolute atomic E-state index is 12.0. The van der Waals surface area contributed by atoms with Crippen molar-refractivity contribution in [2.24, 2.45) is 0 Å². The van der Waals surface area contributed by atoms with Crippen molar-refractivity contribution in [2.75, 3.05) is 0 Å². The van der Waals surface area contributed by atoms with Crippen molar-refractivity contribution in [3.63, 3.8) is 0 Å². The highest BCUT2D eigenvalue weighted by Crippen LogP contribution is 2.31. The van der Waals surface area contributed by atoms with Crippen LogP contribution in [0.4, 0.5) is 0 Å². The van der Waals surface area contributed by atoms with Gasteiger partial charge in [-0.3, -0.25) is 4.79 Å². The molecule has 0 unspecified atom stereocenters. The third-order valence-electron chi connectivity index (χ3n) is 6.26. The van der Waals surface area contributed by atoms with Crippen molar-refractivity contribution in [3.8, 4) is 0 Å². The van der Waals surface area contributed by atoms with Gasteiger partial charge in [0.25, 0.3) is 0 Å². The van der Waals surface area contributed by atoms with Gasteiger partial charge < -0.3 is 4.74 Å². The summed E-state index contributed by atoms with van der Waals surface area (Å²) < 4.78 is 5.76. The van der Waals surface area contributed by atoms with Gasteiger partial charge in [-0.2, -0.15) is 0 Å². The van der Waals surface area contributed by atoms with Gasteiger partial charge in [-0.1, -0.05) is 103 Å². The van der Waals surface area contributed by atoms with Crippen molar-refractivity contribution >= 4 is 5.97 Å². The lowest BCUT2D eigenvalue weighted by Crippen LogP contribution is -2.33. The van der Waals surface area contributed by atoms with Crippen molar-refractivity contribution in [1.82, 2.24) is 0 Å². The summed E-state index contributed by atoms with van der Waals surface area (Å²) in [5.41, 5.74) is -0.162. The maximum atomic E-state index is 12.0. The molecule has 1 fully saturated rings. The number of hydrogen-bond acceptors (Lipinski definition) is 2. The number of ether oxygens (including phenoxy) is 1. The number of hydrogen-bond donors (Lipinski definition) is 0. The minimum atomic E-state index is -0.162. The summed E-state index contributed by atoms with van der Waals surface area (Å²) in [6, 6.07) is 0. The average Bonchev–Trinajstić information content (AvgIpc) is 2.65. The van der Waals surface area contributed by atoms with E-state index in [0.717, 1.165) is 19.3 Å². The predicted octanol–water partition coefficient (Wildman–Crippen LogP) is 8.51. The molecular formula is C25H48O2. The maximum Gasteiger partial charge on any atom is 0.306 e. The first kappa shape index (κ1) is 24.5. The highest BCUT2D eigenvalue weighted by molar-refractivity contribution is 5.69. The minimum Gasteiger partial charge on any atom is -0.459 e. The number of carbonyl (C=O) groups excluding carboxylic acids is 1. The molecule has 0 saturated heterocycles. The lowest BCUT2D eigenvalue weighted by atomic mass is 9.86. The second kappa shape index (κ2) is 16.4. The molecule has 1 aliphatic rings. The first-order chi connectivity index (χ1) is 13.2. The van der Waals surface area contributed by atoms with E-state index in [4.69, 9.17) is 4.74 Å². The Labute approximate surface area is 170 Å². The summed E-state index contributed by atoms with van der Waals surface area (Å²) in [4.78, 5) is 12.0. The minimum absolute atomic E-state index is 0.0362. The van der Waals surface area contributed by atoms with E-state index in [0.29, 0.717) is 6.42 Å². The highest BCUT2D eigenvalue weighted by atomic mass is 16.6. The zero-order valence-corrected chi connectivity index (χ0v) is 18.7. The molecule has 0 heterocycles. The number of rotatable bonds is 17. The van der Waals surface area contributed by atoms with Crippen LogP contribution in [0.15, 0.2) is 0 Å². The van der Waals surface area contributed by atoms with Crippen LogP contribution in [0.5, 0.6) is 0 Å². The number of unbranched alkanes of at least 4 members (excludes halogenated alkanes) is 14. The Hall–Kier alpha value is -0.530. The van der Waals surface area contributed by atoms with Crippen LogP contribution in [0.25, 0.3) is 0 Å². The van der Waals surface area contributed by atoms with Crippen LogP contribution in [0, 0.1) is 0 Å². The molecule has 0 aromatic heterocycles. The fourth-order valence-electron chi connectivity index (χ4n) is 4.37. The second-order valence-corrected chi connectivity index (χ2v) is 9.18. The normalized spacial score (nSPS) is 16.4. The van der Waals surface area contributed by atoms with Gasteiger partial charge in [0, 0.05) is 6.42 Å². The molecule has 0 bridgehead atoms. The molecule has 2 heteroatoms. The average molecular weight is 381 g/mol. The molecule has 0 N–H and O–H groups in total. The van der Waals surface area contributed by atoms with E-state index in [1.165, 1.54) is 109 Å². The first-order valence-electron chi connectivity index (χ1n) is 12.4. The molecule has 0 aromatic carbocycles. The van der Waals surface area contributed by atoms with Gasteiger partial charge in [0.1, 0.15) is 5.60 Å². The first-order valence-corrected chi connectivity index (χ1v) is 12.4. The predicted molar refractivity (Wildman–Crippen MR) is 117 cm³/mol. The third-order valence-corrected chi connectivity index (χ3v) is 6.26. The Morgan fingerprint density at radius 3 is 1.52 bits per heavy atom. The van der Waals surface area contributed by atoms with E-state index in [9.17, 15) is 4.79 Å². The Morgan fingerprint density at radius 2 is 1.07 bits per heavy atom. The topological polar surface area (TPSA) is 26.3 Å². The van der Waals surface area contributed by atoms with Crippen LogP contribution in [0.1, 0.15) is 149 Å². The molecule has 0 aromatic rings. The van der Waals surface area contributed by atoms with E-state index in [-0.39, 0.29) is 11.6 Å². The fourth-order valence-corrected chi connectivity index (χ4v) is 4.37. The molecule has 2 nitrogen and oxygen atoms in total. The number of carbonyl (C=O) groups is 1. The third kappa shape index (κ3) is 14.2. The molecule has 160 valence electrons. The van der Waals surface area contributed by atoms with Gasteiger partial charge in [-0.15, -0.1) is 0 Å². The van der Waals surface area contributed by atoms with Crippen LogP contribution < -0.4 is 0 Å². The van der Waals surface area contributed by atoms with E-state index < -0.39 is 0 Å². The molecule has 0 amide bonds. The molecule has 0 radical (unpaired) electrons. The van der Waals surface area contributed by atoms with E-state index in [1.807, 2.05) is 0 Å². The van der Waals surface area contributed by atoms with Crippen LogP contribution in [0.3, 0.4) is 0 Å². The Kier molecular flexibility index (Phi) is 14.9. The molecular weight excluding hydrogens is 332 g/mol. The lowest BCUT2D eigenvalue weighted by Gasteiger charge is -2.33. The van der Waals surface area contributed by atoms with Gasteiger partial charge in [0.05, 0.1) is 0 Å². The van der Waals surface area contributed by atoms with Crippen molar-refractivity contribution in [2.45, 2.75) is 154 Å². The van der Waals surface area contributed by atoms with Gasteiger partial charge in [0.15, 0.2) is 0 Å². The summed E-state index contributed by atoms with van der Waals surface area (Å²) in [6.45, 7) is 4.41. The molecule has 1 saturated carbocycles. The highest BCUT2D eigenvalue weighted by Gasteiger charge is 2.30.